The zero-order valence-corrected chi connectivity index (χ0v) is 13.1. The Morgan fingerprint density at radius 3 is 2.57 bits per heavy atom. The highest BCUT2D eigenvalue weighted by atomic mass is 16.4. The van der Waals surface area contributed by atoms with Gasteiger partial charge in [-0.2, -0.15) is 5.10 Å². The Morgan fingerprint density at radius 1 is 1.43 bits per heavy atom. The highest BCUT2D eigenvalue weighted by molar-refractivity contribution is 5.80. The number of likely N-dealkylation sites (tertiary alicyclic amines) is 1. The summed E-state index contributed by atoms with van der Waals surface area (Å²) in [6, 6.07) is 0. The number of hydrogen-bond acceptors (Lipinski definition) is 3. The van der Waals surface area contributed by atoms with Crippen LogP contribution < -0.4 is 0 Å². The second-order valence-electron chi connectivity index (χ2n) is 5.99. The Balaban J connectivity index is 2.02. The summed E-state index contributed by atoms with van der Waals surface area (Å²) in [5.74, 6) is -1.33. The summed E-state index contributed by atoms with van der Waals surface area (Å²) >= 11 is 0. The van der Waals surface area contributed by atoms with Gasteiger partial charge in [-0.1, -0.05) is 6.92 Å². The molecule has 1 aromatic rings. The number of aryl methyl sites for hydroxylation is 2. The van der Waals surface area contributed by atoms with Crippen LogP contribution in [0.2, 0.25) is 0 Å². The molecule has 6 heteroatoms. The van der Waals surface area contributed by atoms with Crippen molar-refractivity contribution in [3.05, 3.63) is 17.0 Å². The molecule has 116 valence electrons. The van der Waals surface area contributed by atoms with Crippen molar-refractivity contribution in [1.82, 2.24) is 14.7 Å². The standard InChI is InChI=1S/C15H23N3O3/c1-9(7-13-10(2)16-17(4)11(13)3)14(19)18-6-5-12(8-18)15(20)21/h9,12H,5-8H2,1-4H3,(H,20,21)/t9-,12-/m0/s1. The lowest BCUT2D eigenvalue weighted by Crippen LogP contribution is -2.35. The first-order valence-electron chi connectivity index (χ1n) is 7.32. The second kappa shape index (κ2) is 5.87. The van der Waals surface area contributed by atoms with Crippen LogP contribution in [-0.2, 0) is 23.1 Å². The average Bonchev–Trinajstić information content (AvgIpc) is 2.99. The molecule has 1 amide bonds. The molecule has 2 heterocycles. The quantitative estimate of drug-likeness (QED) is 0.903. The van der Waals surface area contributed by atoms with Gasteiger partial charge in [0.05, 0.1) is 11.6 Å². The molecular formula is C15H23N3O3. The lowest BCUT2D eigenvalue weighted by atomic mass is 9.98. The van der Waals surface area contributed by atoms with Crippen LogP contribution in [-0.4, -0.2) is 44.8 Å². The number of carbonyl (C=O) groups excluding carboxylic acids is 1. The summed E-state index contributed by atoms with van der Waals surface area (Å²) in [5, 5.41) is 13.4. The number of aliphatic carboxylic acids is 1. The molecule has 2 atom stereocenters. The predicted octanol–water partition coefficient (Wildman–Crippen LogP) is 1.15. The van der Waals surface area contributed by atoms with Gasteiger partial charge in [-0.3, -0.25) is 14.3 Å². The first-order valence-corrected chi connectivity index (χ1v) is 7.32. The van der Waals surface area contributed by atoms with Crippen molar-refractivity contribution in [1.29, 1.82) is 0 Å². The summed E-state index contributed by atoms with van der Waals surface area (Å²) in [7, 11) is 1.90. The summed E-state index contributed by atoms with van der Waals surface area (Å²) in [6.45, 7) is 6.75. The van der Waals surface area contributed by atoms with Crippen molar-refractivity contribution in [2.75, 3.05) is 13.1 Å². The van der Waals surface area contributed by atoms with E-state index < -0.39 is 11.9 Å². The van der Waals surface area contributed by atoms with Crippen LogP contribution in [0.25, 0.3) is 0 Å². The number of hydrogen-bond donors (Lipinski definition) is 1. The van der Waals surface area contributed by atoms with E-state index in [9.17, 15) is 9.59 Å². The summed E-state index contributed by atoms with van der Waals surface area (Å²) < 4.78 is 1.83. The molecule has 21 heavy (non-hydrogen) atoms. The molecule has 1 fully saturated rings. The van der Waals surface area contributed by atoms with Crippen LogP contribution >= 0.6 is 0 Å². The molecule has 1 saturated heterocycles. The van der Waals surface area contributed by atoms with E-state index >= 15 is 0 Å². The first-order chi connectivity index (χ1) is 9.81. The van der Waals surface area contributed by atoms with Gasteiger partial charge in [0.15, 0.2) is 0 Å². The maximum Gasteiger partial charge on any atom is 0.308 e. The molecule has 0 spiro atoms. The fourth-order valence-corrected chi connectivity index (χ4v) is 2.98. The summed E-state index contributed by atoms with van der Waals surface area (Å²) in [5.41, 5.74) is 3.16. The Hall–Kier alpha value is -1.85. The third-order valence-electron chi connectivity index (χ3n) is 4.44. The van der Waals surface area contributed by atoms with Crippen molar-refractivity contribution >= 4 is 11.9 Å². The Morgan fingerprint density at radius 2 is 2.10 bits per heavy atom. The lowest BCUT2D eigenvalue weighted by Gasteiger charge is -2.20. The Bertz CT molecular complexity index is 565. The number of carboxylic acids is 1. The highest BCUT2D eigenvalue weighted by Crippen LogP contribution is 2.22. The number of carbonyl (C=O) groups is 2. The molecule has 0 aromatic carbocycles. The van der Waals surface area contributed by atoms with E-state index in [-0.39, 0.29) is 11.8 Å². The van der Waals surface area contributed by atoms with Gasteiger partial charge < -0.3 is 10.0 Å². The predicted molar refractivity (Wildman–Crippen MR) is 77.9 cm³/mol. The minimum absolute atomic E-state index is 0.0430. The molecule has 1 aliphatic rings. The van der Waals surface area contributed by atoms with Crippen LogP contribution in [0.5, 0.6) is 0 Å². The zero-order chi connectivity index (χ0) is 15.7. The molecule has 0 unspecified atom stereocenters. The fraction of sp³-hybridized carbons (Fsp3) is 0.667. The highest BCUT2D eigenvalue weighted by Gasteiger charge is 2.33. The van der Waals surface area contributed by atoms with Crippen molar-refractivity contribution in [2.45, 2.75) is 33.6 Å². The molecule has 2 rings (SSSR count). The molecule has 0 saturated carbocycles. The van der Waals surface area contributed by atoms with Gasteiger partial charge in [0.25, 0.3) is 0 Å². The van der Waals surface area contributed by atoms with Gasteiger partial charge >= 0.3 is 5.97 Å². The third-order valence-corrected chi connectivity index (χ3v) is 4.44. The van der Waals surface area contributed by atoms with E-state index in [0.29, 0.717) is 25.9 Å². The van der Waals surface area contributed by atoms with E-state index in [4.69, 9.17) is 5.11 Å². The van der Waals surface area contributed by atoms with Crippen molar-refractivity contribution in [3.63, 3.8) is 0 Å². The maximum absolute atomic E-state index is 12.5. The van der Waals surface area contributed by atoms with Crippen LogP contribution in [0.3, 0.4) is 0 Å². The van der Waals surface area contributed by atoms with Gasteiger partial charge in [0.2, 0.25) is 5.91 Å². The molecule has 1 aromatic heterocycles. The smallest absolute Gasteiger partial charge is 0.308 e. The average molecular weight is 293 g/mol. The zero-order valence-electron chi connectivity index (χ0n) is 13.1. The van der Waals surface area contributed by atoms with Gasteiger partial charge in [0, 0.05) is 31.7 Å². The van der Waals surface area contributed by atoms with E-state index in [1.807, 2.05) is 32.5 Å². The molecule has 1 aliphatic heterocycles. The topological polar surface area (TPSA) is 75.4 Å². The number of carboxylic acid groups (broad SMARTS) is 1. The largest absolute Gasteiger partial charge is 0.481 e. The fourth-order valence-electron chi connectivity index (χ4n) is 2.98. The number of nitrogens with zero attached hydrogens (tertiary/aromatic N) is 3. The Kier molecular flexibility index (Phi) is 4.34. The van der Waals surface area contributed by atoms with E-state index in [0.717, 1.165) is 17.0 Å². The van der Waals surface area contributed by atoms with Crippen LogP contribution in [0.4, 0.5) is 0 Å². The number of rotatable bonds is 4. The van der Waals surface area contributed by atoms with Crippen LogP contribution in [0, 0.1) is 25.7 Å². The van der Waals surface area contributed by atoms with E-state index in [1.165, 1.54) is 0 Å². The van der Waals surface area contributed by atoms with Crippen molar-refractivity contribution in [2.24, 2.45) is 18.9 Å². The van der Waals surface area contributed by atoms with E-state index in [2.05, 4.69) is 5.10 Å². The van der Waals surface area contributed by atoms with Crippen LogP contribution in [0.1, 0.15) is 30.3 Å². The number of aromatic nitrogens is 2. The molecule has 1 N–H and O–H groups in total. The molecular weight excluding hydrogens is 270 g/mol. The summed E-state index contributed by atoms with van der Waals surface area (Å²) in [6.07, 6.45) is 1.21. The van der Waals surface area contributed by atoms with Gasteiger partial charge in [-0.05, 0) is 32.3 Å². The normalized spacial score (nSPS) is 19.8. The SMILES string of the molecule is Cc1nn(C)c(C)c1C[C@H](C)C(=O)N1CC[C@H](C(=O)O)C1. The van der Waals surface area contributed by atoms with Gasteiger partial charge in [-0.25, -0.2) is 0 Å². The summed E-state index contributed by atoms with van der Waals surface area (Å²) in [4.78, 5) is 25.1. The minimum Gasteiger partial charge on any atom is -0.481 e. The number of amides is 1. The maximum atomic E-state index is 12.5. The van der Waals surface area contributed by atoms with Gasteiger partial charge in [-0.15, -0.1) is 0 Å². The molecule has 0 aliphatic carbocycles. The first kappa shape index (κ1) is 15.5. The third kappa shape index (κ3) is 3.09. The van der Waals surface area contributed by atoms with Crippen molar-refractivity contribution in [3.8, 4) is 0 Å². The van der Waals surface area contributed by atoms with Crippen LogP contribution in [0.15, 0.2) is 0 Å². The minimum atomic E-state index is -0.808. The van der Waals surface area contributed by atoms with E-state index in [1.54, 1.807) is 4.90 Å². The van der Waals surface area contributed by atoms with Crippen molar-refractivity contribution < 1.29 is 14.7 Å². The monoisotopic (exact) mass is 293 g/mol. The molecule has 0 radical (unpaired) electrons. The molecule has 6 nitrogen and oxygen atoms in total. The molecule has 0 bridgehead atoms. The second-order valence-corrected chi connectivity index (χ2v) is 5.99. The van der Waals surface area contributed by atoms with Gasteiger partial charge in [0.1, 0.15) is 0 Å². The Labute approximate surface area is 124 Å². The lowest BCUT2D eigenvalue weighted by molar-refractivity contribution is -0.141.